The summed E-state index contributed by atoms with van der Waals surface area (Å²) in [6.07, 6.45) is 3.40. The van der Waals surface area contributed by atoms with Crippen molar-refractivity contribution in [2.45, 2.75) is 38.1 Å². The Morgan fingerprint density at radius 3 is 3.12 bits per heavy atom. The molecule has 5 heteroatoms. The van der Waals surface area contributed by atoms with Gasteiger partial charge < -0.3 is 4.74 Å². The highest BCUT2D eigenvalue weighted by Gasteiger charge is 2.26. The van der Waals surface area contributed by atoms with Crippen LogP contribution in [0, 0.1) is 5.92 Å². The van der Waals surface area contributed by atoms with Gasteiger partial charge in [-0.15, -0.1) is 11.6 Å². The first-order chi connectivity index (χ1) is 7.68. The van der Waals surface area contributed by atoms with Crippen LogP contribution in [-0.2, 0) is 11.2 Å². The number of halogens is 1. The Kier molecular flexibility index (Phi) is 3.82. The molecule has 0 saturated carbocycles. The van der Waals surface area contributed by atoms with Crippen LogP contribution < -0.4 is 0 Å². The lowest BCUT2D eigenvalue weighted by atomic mass is 9.97. The van der Waals surface area contributed by atoms with Gasteiger partial charge in [-0.1, -0.05) is 0 Å². The van der Waals surface area contributed by atoms with Gasteiger partial charge in [0.05, 0.1) is 6.61 Å². The molecule has 1 aromatic rings. The van der Waals surface area contributed by atoms with Crippen LogP contribution in [0.1, 0.15) is 32.1 Å². The molecule has 2 rings (SSSR count). The van der Waals surface area contributed by atoms with E-state index in [-0.39, 0.29) is 5.38 Å². The Morgan fingerprint density at radius 2 is 2.44 bits per heavy atom. The fourth-order valence-corrected chi connectivity index (χ4v) is 2.29. The normalized spacial score (nSPS) is 26.2. The van der Waals surface area contributed by atoms with E-state index in [2.05, 4.69) is 23.9 Å². The first kappa shape index (κ1) is 11.9. The van der Waals surface area contributed by atoms with Gasteiger partial charge in [0.2, 0.25) is 0 Å². The Labute approximate surface area is 101 Å². The number of hydrogen-bond acceptors (Lipinski definition) is 3. The van der Waals surface area contributed by atoms with E-state index in [0.717, 1.165) is 31.9 Å². The van der Waals surface area contributed by atoms with E-state index in [1.807, 2.05) is 4.68 Å². The molecule has 0 N–H and O–H groups in total. The Morgan fingerprint density at radius 1 is 1.62 bits per heavy atom. The average molecular weight is 244 g/mol. The maximum Gasteiger partial charge on any atom is 0.138 e. The molecule has 2 unspecified atom stereocenters. The van der Waals surface area contributed by atoms with Crippen molar-refractivity contribution in [1.82, 2.24) is 14.8 Å². The van der Waals surface area contributed by atoms with Gasteiger partial charge in [0, 0.05) is 30.4 Å². The number of alkyl halides is 1. The maximum atomic E-state index is 6.29. The molecule has 0 spiro atoms. The predicted octanol–water partition coefficient (Wildman–Crippen LogP) is 2.05. The molecule has 1 aliphatic rings. The Bertz CT molecular complexity index is 340. The van der Waals surface area contributed by atoms with Crippen LogP contribution in [0.4, 0.5) is 0 Å². The fourth-order valence-electron chi connectivity index (χ4n) is 2.04. The molecular formula is C11H18ClN3O. The summed E-state index contributed by atoms with van der Waals surface area (Å²) >= 11 is 6.29. The van der Waals surface area contributed by atoms with Gasteiger partial charge in [0.1, 0.15) is 12.2 Å². The molecule has 90 valence electrons. The Balaban J connectivity index is 2.04. The highest BCUT2D eigenvalue weighted by molar-refractivity contribution is 6.20. The zero-order chi connectivity index (χ0) is 11.5. The van der Waals surface area contributed by atoms with Crippen molar-refractivity contribution in [3.05, 3.63) is 12.2 Å². The van der Waals surface area contributed by atoms with E-state index in [4.69, 9.17) is 16.3 Å². The smallest absolute Gasteiger partial charge is 0.138 e. The van der Waals surface area contributed by atoms with Crippen LogP contribution in [-0.4, -0.2) is 33.4 Å². The summed E-state index contributed by atoms with van der Waals surface area (Å²) in [5.41, 5.74) is 0. The molecule has 2 atom stereocenters. The lowest BCUT2D eigenvalue weighted by Gasteiger charge is -2.27. The van der Waals surface area contributed by atoms with Crippen molar-refractivity contribution in [3.63, 3.8) is 0 Å². The molecule has 1 saturated heterocycles. The zero-order valence-corrected chi connectivity index (χ0v) is 10.5. The quantitative estimate of drug-likeness (QED) is 0.763. The van der Waals surface area contributed by atoms with Crippen molar-refractivity contribution >= 4 is 11.6 Å². The van der Waals surface area contributed by atoms with E-state index >= 15 is 0 Å². The Hall–Kier alpha value is -0.610. The minimum atomic E-state index is 0.200. The topological polar surface area (TPSA) is 39.9 Å². The van der Waals surface area contributed by atoms with Gasteiger partial charge in [-0.25, -0.2) is 9.67 Å². The second-order valence-electron chi connectivity index (χ2n) is 4.56. The van der Waals surface area contributed by atoms with E-state index in [0.29, 0.717) is 12.0 Å². The van der Waals surface area contributed by atoms with Gasteiger partial charge in [0.25, 0.3) is 0 Å². The van der Waals surface area contributed by atoms with E-state index < -0.39 is 0 Å². The minimum absolute atomic E-state index is 0.200. The summed E-state index contributed by atoms with van der Waals surface area (Å²) in [6.45, 7) is 5.72. The molecule has 1 aromatic heterocycles. The van der Waals surface area contributed by atoms with Gasteiger partial charge in [0.15, 0.2) is 0 Å². The van der Waals surface area contributed by atoms with Crippen LogP contribution in [0.2, 0.25) is 0 Å². The summed E-state index contributed by atoms with van der Waals surface area (Å²) in [7, 11) is 0. The molecule has 16 heavy (non-hydrogen) atoms. The van der Waals surface area contributed by atoms with Gasteiger partial charge >= 0.3 is 0 Å². The lowest BCUT2D eigenvalue weighted by Crippen LogP contribution is -2.30. The fraction of sp³-hybridized carbons (Fsp3) is 0.818. The summed E-state index contributed by atoms with van der Waals surface area (Å²) in [6, 6.07) is 0.343. The molecule has 0 aliphatic carbocycles. The predicted molar refractivity (Wildman–Crippen MR) is 62.7 cm³/mol. The van der Waals surface area contributed by atoms with E-state index in [1.54, 1.807) is 6.33 Å². The maximum absolute atomic E-state index is 6.29. The molecule has 0 amide bonds. The van der Waals surface area contributed by atoms with Gasteiger partial charge in [-0.05, 0) is 20.3 Å². The van der Waals surface area contributed by atoms with Gasteiger partial charge in [-0.3, -0.25) is 0 Å². The number of nitrogens with zero attached hydrogens (tertiary/aromatic N) is 3. The number of rotatable bonds is 3. The third-order valence-corrected chi connectivity index (χ3v) is 3.54. The molecule has 0 bridgehead atoms. The summed E-state index contributed by atoms with van der Waals surface area (Å²) < 4.78 is 7.42. The molecule has 1 fully saturated rings. The first-order valence-electron chi connectivity index (χ1n) is 5.78. The molecule has 0 aromatic carbocycles. The molecule has 4 nitrogen and oxygen atoms in total. The second kappa shape index (κ2) is 5.15. The number of hydrogen-bond donors (Lipinski definition) is 0. The van der Waals surface area contributed by atoms with Crippen molar-refractivity contribution in [1.29, 1.82) is 0 Å². The largest absolute Gasteiger partial charge is 0.381 e. The highest BCUT2D eigenvalue weighted by Crippen LogP contribution is 2.24. The van der Waals surface area contributed by atoms with Crippen LogP contribution in [0.5, 0.6) is 0 Å². The molecule has 2 heterocycles. The third kappa shape index (κ3) is 2.55. The van der Waals surface area contributed by atoms with Crippen LogP contribution >= 0.6 is 11.6 Å². The van der Waals surface area contributed by atoms with E-state index in [1.165, 1.54) is 0 Å². The number of ether oxygens (including phenoxy) is 1. The molecular weight excluding hydrogens is 226 g/mol. The van der Waals surface area contributed by atoms with Crippen LogP contribution in [0.25, 0.3) is 0 Å². The summed E-state index contributed by atoms with van der Waals surface area (Å²) in [5, 5.41) is 4.43. The lowest BCUT2D eigenvalue weighted by molar-refractivity contribution is 0.0565. The molecule has 1 aliphatic heterocycles. The average Bonchev–Trinajstić information content (AvgIpc) is 2.69. The standard InChI is InChI=1S/C11H18ClN3O/c1-8(2)15-11(13-7-14-15)5-9-6-16-4-3-10(9)12/h7-10H,3-6H2,1-2H3. The minimum Gasteiger partial charge on any atom is -0.381 e. The monoisotopic (exact) mass is 243 g/mol. The molecule has 0 radical (unpaired) electrons. The number of aromatic nitrogens is 3. The van der Waals surface area contributed by atoms with Gasteiger partial charge in [-0.2, -0.15) is 5.10 Å². The summed E-state index contributed by atoms with van der Waals surface area (Å²) in [4.78, 5) is 4.30. The highest BCUT2D eigenvalue weighted by atomic mass is 35.5. The van der Waals surface area contributed by atoms with E-state index in [9.17, 15) is 0 Å². The SMILES string of the molecule is CC(C)n1ncnc1CC1COCCC1Cl. The third-order valence-electron chi connectivity index (χ3n) is 2.96. The second-order valence-corrected chi connectivity index (χ2v) is 5.12. The van der Waals surface area contributed by atoms with Crippen molar-refractivity contribution in [3.8, 4) is 0 Å². The first-order valence-corrected chi connectivity index (χ1v) is 6.22. The van der Waals surface area contributed by atoms with Crippen LogP contribution in [0.15, 0.2) is 6.33 Å². The van der Waals surface area contributed by atoms with Crippen LogP contribution in [0.3, 0.4) is 0 Å². The summed E-state index contributed by atoms with van der Waals surface area (Å²) in [5.74, 6) is 1.37. The van der Waals surface area contributed by atoms with Crippen molar-refractivity contribution < 1.29 is 4.74 Å². The zero-order valence-electron chi connectivity index (χ0n) is 9.77. The van der Waals surface area contributed by atoms with Crippen molar-refractivity contribution in [2.75, 3.05) is 13.2 Å². The van der Waals surface area contributed by atoms with Crippen molar-refractivity contribution in [2.24, 2.45) is 5.92 Å².